The zero-order valence-electron chi connectivity index (χ0n) is 14.5. The Kier molecular flexibility index (Phi) is 6.69. The summed E-state index contributed by atoms with van der Waals surface area (Å²) >= 11 is 0. The SMILES string of the molecule is COc1cc(OC)c(OC)cc1CNC(=O)C(N)C1CCOCC1. The number of carbonyl (C=O) groups is 1. The van der Waals surface area contributed by atoms with Crippen molar-refractivity contribution in [2.75, 3.05) is 34.5 Å². The standard InChI is InChI=1S/C17H26N2O5/c1-21-13-9-15(23-3)14(22-2)8-12(13)10-19-17(20)16(18)11-4-6-24-7-5-11/h8-9,11,16H,4-7,10,18H2,1-3H3,(H,19,20). The molecule has 3 N–H and O–H groups in total. The summed E-state index contributed by atoms with van der Waals surface area (Å²) in [7, 11) is 4.69. The molecule has 1 aromatic rings. The minimum atomic E-state index is -0.528. The van der Waals surface area contributed by atoms with Crippen LogP contribution >= 0.6 is 0 Å². The van der Waals surface area contributed by atoms with Gasteiger partial charge in [-0.15, -0.1) is 0 Å². The zero-order valence-corrected chi connectivity index (χ0v) is 14.5. The second kappa shape index (κ2) is 8.75. The molecule has 1 unspecified atom stereocenters. The van der Waals surface area contributed by atoms with E-state index in [4.69, 9.17) is 24.7 Å². The number of amides is 1. The summed E-state index contributed by atoms with van der Waals surface area (Å²) in [5, 5.41) is 2.88. The summed E-state index contributed by atoms with van der Waals surface area (Å²) in [6, 6.07) is 3.00. The van der Waals surface area contributed by atoms with Gasteiger partial charge in [-0.2, -0.15) is 0 Å². The van der Waals surface area contributed by atoms with Crippen LogP contribution in [0.4, 0.5) is 0 Å². The molecule has 0 bridgehead atoms. The Hall–Kier alpha value is -1.99. The highest BCUT2D eigenvalue weighted by atomic mass is 16.5. The third kappa shape index (κ3) is 4.30. The number of hydrogen-bond donors (Lipinski definition) is 2. The van der Waals surface area contributed by atoms with E-state index < -0.39 is 6.04 Å². The smallest absolute Gasteiger partial charge is 0.237 e. The van der Waals surface area contributed by atoms with Crippen LogP contribution < -0.4 is 25.3 Å². The quantitative estimate of drug-likeness (QED) is 0.773. The van der Waals surface area contributed by atoms with Crippen molar-refractivity contribution in [3.05, 3.63) is 17.7 Å². The Bertz CT molecular complexity index is 558. The van der Waals surface area contributed by atoms with Crippen molar-refractivity contribution < 1.29 is 23.7 Å². The van der Waals surface area contributed by atoms with Gasteiger partial charge in [0.25, 0.3) is 0 Å². The van der Waals surface area contributed by atoms with Crippen molar-refractivity contribution in [2.24, 2.45) is 11.7 Å². The summed E-state index contributed by atoms with van der Waals surface area (Å²) in [4.78, 5) is 12.3. The number of ether oxygens (including phenoxy) is 4. The maximum Gasteiger partial charge on any atom is 0.237 e. The first kappa shape index (κ1) is 18.4. The van der Waals surface area contributed by atoms with E-state index in [1.807, 2.05) is 0 Å². The largest absolute Gasteiger partial charge is 0.496 e. The van der Waals surface area contributed by atoms with Gasteiger partial charge >= 0.3 is 0 Å². The van der Waals surface area contributed by atoms with E-state index in [1.165, 1.54) is 0 Å². The Morgan fingerprint density at radius 1 is 1.17 bits per heavy atom. The number of rotatable bonds is 7. The molecule has 0 radical (unpaired) electrons. The van der Waals surface area contributed by atoms with E-state index in [0.717, 1.165) is 18.4 Å². The lowest BCUT2D eigenvalue weighted by molar-refractivity contribution is -0.124. The van der Waals surface area contributed by atoms with E-state index >= 15 is 0 Å². The Labute approximate surface area is 142 Å². The van der Waals surface area contributed by atoms with Crippen molar-refractivity contribution in [3.63, 3.8) is 0 Å². The summed E-state index contributed by atoms with van der Waals surface area (Å²) in [5.74, 6) is 1.76. The van der Waals surface area contributed by atoms with Crippen LogP contribution in [0.2, 0.25) is 0 Å². The van der Waals surface area contributed by atoms with Gasteiger partial charge in [0.05, 0.1) is 27.4 Å². The first-order valence-electron chi connectivity index (χ1n) is 8.00. The third-order valence-corrected chi connectivity index (χ3v) is 4.32. The van der Waals surface area contributed by atoms with Gasteiger partial charge in [-0.1, -0.05) is 0 Å². The van der Waals surface area contributed by atoms with Crippen LogP contribution in [0.3, 0.4) is 0 Å². The lowest BCUT2D eigenvalue weighted by Crippen LogP contribution is -2.46. The topological polar surface area (TPSA) is 92.0 Å². The van der Waals surface area contributed by atoms with Crippen molar-refractivity contribution >= 4 is 5.91 Å². The molecule has 0 aromatic heterocycles. The molecule has 1 atom stereocenters. The van der Waals surface area contributed by atoms with Gasteiger partial charge in [0.15, 0.2) is 11.5 Å². The molecule has 1 heterocycles. The average Bonchev–Trinajstić information content (AvgIpc) is 2.65. The molecular formula is C17H26N2O5. The molecule has 2 rings (SSSR count). The summed E-state index contributed by atoms with van der Waals surface area (Å²) in [6.45, 7) is 1.63. The van der Waals surface area contributed by atoms with Crippen LogP contribution in [-0.4, -0.2) is 46.5 Å². The molecule has 1 amide bonds. The van der Waals surface area contributed by atoms with Gasteiger partial charge in [-0.25, -0.2) is 0 Å². The number of nitrogens with two attached hydrogens (primary N) is 1. The maximum atomic E-state index is 12.3. The number of benzene rings is 1. The van der Waals surface area contributed by atoms with E-state index in [0.29, 0.717) is 37.0 Å². The minimum absolute atomic E-state index is 0.158. The fourth-order valence-corrected chi connectivity index (χ4v) is 2.82. The van der Waals surface area contributed by atoms with E-state index in [2.05, 4.69) is 5.32 Å². The van der Waals surface area contributed by atoms with Gasteiger partial charge < -0.3 is 30.0 Å². The predicted octanol–water partition coefficient (Wildman–Crippen LogP) is 1.08. The molecule has 1 fully saturated rings. The molecule has 134 valence electrons. The molecule has 7 nitrogen and oxygen atoms in total. The first-order chi connectivity index (χ1) is 11.6. The van der Waals surface area contributed by atoms with Crippen LogP contribution in [-0.2, 0) is 16.1 Å². The highest BCUT2D eigenvalue weighted by Gasteiger charge is 2.26. The Balaban J connectivity index is 2.03. The minimum Gasteiger partial charge on any atom is -0.496 e. The number of nitrogens with one attached hydrogen (secondary N) is 1. The van der Waals surface area contributed by atoms with Gasteiger partial charge in [0.2, 0.25) is 5.91 Å². The van der Waals surface area contributed by atoms with Crippen molar-refractivity contribution in [1.29, 1.82) is 0 Å². The molecule has 0 spiro atoms. The van der Waals surface area contributed by atoms with Crippen molar-refractivity contribution in [1.82, 2.24) is 5.32 Å². The zero-order chi connectivity index (χ0) is 17.5. The fraction of sp³-hybridized carbons (Fsp3) is 0.588. The molecule has 1 aliphatic rings. The summed E-state index contributed by atoms with van der Waals surface area (Å²) < 4.78 is 21.2. The van der Waals surface area contributed by atoms with Crippen LogP contribution in [0.15, 0.2) is 12.1 Å². The summed E-state index contributed by atoms with van der Waals surface area (Å²) in [6.07, 6.45) is 1.63. The van der Waals surface area contributed by atoms with E-state index in [9.17, 15) is 4.79 Å². The second-order valence-corrected chi connectivity index (χ2v) is 5.71. The van der Waals surface area contributed by atoms with Crippen molar-refractivity contribution in [2.45, 2.75) is 25.4 Å². The first-order valence-corrected chi connectivity index (χ1v) is 8.00. The fourth-order valence-electron chi connectivity index (χ4n) is 2.82. The van der Waals surface area contributed by atoms with Crippen molar-refractivity contribution in [3.8, 4) is 17.2 Å². The predicted molar refractivity (Wildman–Crippen MR) is 89.5 cm³/mol. The van der Waals surface area contributed by atoms with Gasteiger partial charge in [-0.05, 0) is 24.8 Å². The third-order valence-electron chi connectivity index (χ3n) is 4.32. The normalized spacial score (nSPS) is 16.3. The highest BCUT2D eigenvalue weighted by Crippen LogP contribution is 2.34. The molecule has 0 saturated carbocycles. The van der Waals surface area contributed by atoms with E-state index in [1.54, 1.807) is 33.5 Å². The second-order valence-electron chi connectivity index (χ2n) is 5.71. The number of methoxy groups -OCH3 is 3. The molecule has 1 saturated heterocycles. The lowest BCUT2D eigenvalue weighted by Gasteiger charge is -2.26. The molecule has 7 heteroatoms. The Morgan fingerprint density at radius 3 is 2.33 bits per heavy atom. The molecule has 1 aromatic carbocycles. The summed E-state index contributed by atoms with van der Waals surface area (Å²) in [5.41, 5.74) is 6.88. The molecule has 0 aliphatic carbocycles. The van der Waals surface area contributed by atoms with Crippen LogP contribution in [0.25, 0.3) is 0 Å². The maximum absolute atomic E-state index is 12.3. The van der Waals surface area contributed by atoms with Crippen LogP contribution in [0, 0.1) is 5.92 Å². The monoisotopic (exact) mass is 338 g/mol. The lowest BCUT2D eigenvalue weighted by atomic mass is 9.92. The van der Waals surface area contributed by atoms with Gasteiger partial charge in [0.1, 0.15) is 5.75 Å². The van der Waals surface area contributed by atoms with Crippen LogP contribution in [0.5, 0.6) is 17.2 Å². The molecule has 1 aliphatic heterocycles. The average molecular weight is 338 g/mol. The van der Waals surface area contributed by atoms with Gasteiger partial charge in [-0.3, -0.25) is 4.79 Å². The number of hydrogen-bond acceptors (Lipinski definition) is 6. The van der Waals surface area contributed by atoms with Crippen LogP contribution in [0.1, 0.15) is 18.4 Å². The van der Waals surface area contributed by atoms with E-state index in [-0.39, 0.29) is 11.8 Å². The highest BCUT2D eigenvalue weighted by molar-refractivity contribution is 5.81. The Morgan fingerprint density at radius 2 is 1.75 bits per heavy atom. The number of carbonyl (C=O) groups excluding carboxylic acids is 1. The molecule has 24 heavy (non-hydrogen) atoms. The van der Waals surface area contributed by atoms with Gasteiger partial charge in [0, 0.05) is 31.4 Å². The molecular weight excluding hydrogens is 312 g/mol.